The SMILES string of the molecule is CCOC(=O)c1ccc(NC(=O)[C@H](Cc2ccccc2)N2C(=O)[C@H]3[C@H](C2=O)C2(Cl)c4ccccc4C3(Cl)c3ccccc32)cc1. The highest BCUT2D eigenvalue weighted by Gasteiger charge is 2.73. The van der Waals surface area contributed by atoms with Gasteiger partial charge in [-0.25, -0.2) is 4.79 Å². The van der Waals surface area contributed by atoms with Gasteiger partial charge in [-0.3, -0.25) is 19.3 Å². The predicted molar refractivity (Wildman–Crippen MR) is 170 cm³/mol. The van der Waals surface area contributed by atoms with E-state index in [0.29, 0.717) is 33.5 Å². The average molecular weight is 640 g/mol. The molecule has 0 aromatic heterocycles. The van der Waals surface area contributed by atoms with Crippen LogP contribution in [0.5, 0.6) is 0 Å². The molecule has 1 aliphatic heterocycles. The highest BCUT2D eigenvalue weighted by molar-refractivity contribution is 6.36. The third-order valence-corrected chi connectivity index (χ3v) is 10.5. The first kappa shape index (κ1) is 29.3. The first-order chi connectivity index (χ1) is 21.7. The van der Waals surface area contributed by atoms with Crippen LogP contribution < -0.4 is 5.32 Å². The molecule has 1 fully saturated rings. The molecule has 0 unspecified atom stereocenters. The van der Waals surface area contributed by atoms with Crippen LogP contribution in [0.4, 0.5) is 5.69 Å². The number of nitrogens with one attached hydrogen (secondary N) is 1. The lowest BCUT2D eigenvalue weighted by Gasteiger charge is -2.54. The first-order valence-electron chi connectivity index (χ1n) is 14.8. The predicted octanol–water partition coefficient (Wildman–Crippen LogP) is 6.01. The zero-order valence-corrected chi connectivity index (χ0v) is 25.7. The Balaban J connectivity index is 1.30. The number of imide groups is 1. The van der Waals surface area contributed by atoms with Crippen LogP contribution in [0.1, 0.15) is 45.1 Å². The number of hydrogen-bond donors (Lipinski definition) is 1. The summed E-state index contributed by atoms with van der Waals surface area (Å²) in [5, 5.41) is 2.85. The van der Waals surface area contributed by atoms with Crippen molar-refractivity contribution in [2.75, 3.05) is 11.9 Å². The highest BCUT2D eigenvalue weighted by atomic mass is 35.5. The first-order valence-corrected chi connectivity index (χ1v) is 15.5. The molecule has 4 aliphatic rings. The van der Waals surface area contributed by atoms with Crippen molar-refractivity contribution < 1.29 is 23.9 Å². The van der Waals surface area contributed by atoms with Crippen molar-refractivity contribution in [3.8, 4) is 0 Å². The fourth-order valence-corrected chi connectivity index (χ4v) is 8.36. The van der Waals surface area contributed by atoms with Crippen LogP contribution in [0, 0.1) is 11.8 Å². The molecule has 3 aliphatic carbocycles. The van der Waals surface area contributed by atoms with Gasteiger partial charge in [0.15, 0.2) is 0 Å². The number of carbonyl (C=O) groups is 4. The van der Waals surface area contributed by atoms with E-state index < -0.39 is 51.3 Å². The summed E-state index contributed by atoms with van der Waals surface area (Å²) in [6.07, 6.45) is 0.0783. The number of likely N-dealkylation sites (tertiary alicyclic amines) is 1. The summed E-state index contributed by atoms with van der Waals surface area (Å²) in [5.41, 5.74) is 4.25. The van der Waals surface area contributed by atoms with Crippen molar-refractivity contribution in [3.63, 3.8) is 0 Å². The molecule has 4 aromatic rings. The van der Waals surface area contributed by atoms with Crippen LogP contribution in [0.25, 0.3) is 0 Å². The van der Waals surface area contributed by atoms with Gasteiger partial charge in [-0.2, -0.15) is 0 Å². The summed E-state index contributed by atoms with van der Waals surface area (Å²) in [5.74, 6) is -4.16. The Hall–Kier alpha value is -4.46. The van der Waals surface area contributed by atoms with E-state index in [0.717, 1.165) is 10.5 Å². The van der Waals surface area contributed by atoms with Gasteiger partial charge in [-0.15, -0.1) is 23.2 Å². The topological polar surface area (TPSA) is 92.8 Å². The van der Waals surface area contributed by atoms with Gasteiger partial charge in [0.25, 0.3) is 0 Å². The second-order valence-corrected chi connectivity index (χ2v) is 12.7. The van der Waals surface area contributed by atoms with Crippen molar-refractivity contribution in [3.05, 3.63) is 137 Å². The van der Waals surface area contributed by atoms with Gasteiger partial charge in [0.05, 0.1) is 24.0 Å². The Morgan fingerprint density at radius 2 is 1.22 bits per heavy atom. The lowest BCUT2D eigenvalue weighted by molar-refractivity contribution is -0.146. The van der Waals surface area contributed by atoms with Gasteiger partial charge in [0.1, 0.15) is 15.8 Å². The molecule has 3 amide bonds. The summed E-state index contributed by atoms with van der Waals surface area (Å²) in [4.78, 5) is 53.8. The molecule has 4 aromatic carbocycles. The van der Waals surface area contributed by atoms with E-state index in [2.05, 4.69) is 5.32 Å². The number of esters is 1. The van der Waals surface area contributed by atoms with Crippen LogP contribution in [-0.2, 0) is 35.3 Å². The van der Waals surface area contributed by atoms with E-state index in [1.54, 1.807) is 31.2 Å². The molecule has 8 rings (SSSR count). The third kappa shape index (κ3) is 4.25. The van der Waals surface area contributed by atoms with Crippen molar-refractivity contribution in [1.29, 1.82) is 0 Å². The standard InChI is InChI=1S/C36H28Cl2N2O5/c1-2-45-34(44)22-16-18-23(19-17-22)39-31(41)28(20-21-10-4-3-5-11-21)40-32(42)29-30(33(40)43)36(38)25-13-7-6-12-24(25)35(29,37)26-14-8-9-15-27(26)36/h3-19,28-30H,2,20H2,1H3,(H,39,41)/t28-,29+,30+,35?,36?/m0/s1. The number of rotatable bonds is 7. The number of nitrogens with zero attached hydrogens (tertiary/aromatic N) is 1. The van der Waals surface area contributed by atoms with Crippen molar-refractivity contribution >= 4 is 52.6 Å². The molecule has 7 nitrogen and oxygen atoms in total. The number of benzene rings is 4. The average Bonchev–Trinajstić information content (AvgIpc) is 3.33. The number of amides is 3. The van der Waals surface area contributed by atoms with E-state index in [9.17, 15) is 19.2 Å². The Labute approximate surface area is 270 Å². The lowest BCUT2D eigenvalue weighted by atomic mass is 9.54. The molecule has 2 bridgehead atoms. The van der Waals surface area contributed by atoms with Crippen molar-refractivity contribution in [2.24, 2.45) is 11.8 Å². The van der Waals surface area contributed by atoms with Gasteiger partial charge in [0.2, 0.25) is 17.7 Å². The van der Waals surface area contributed by atoms with E-state index in [4.69, 9.17) is 27.9 Å². The summed E-state index contributed by atoms with van der Waals surface area (Å²) >= 11 is 15.2. The Bertz CT molecular complexity index is 1740. The van der Waals surface area contributed by atoms with E-state index >= 15 is 0 Å². The summed E-state index contributed by atoms with van der Waals surface area (Å²) in [6.45, 7) is 1.96. The minimum absolute atomic E-state index is 0.0783. The summed E-state index contributed by atoms with van der Waals surface area (Å²) < 4.78 is 5.05. The number of anilines is 1. The molecule has 0 saturated carbocycles. The van der Waals surface area contributed by atoms with Crippen LogP contribution in [-0.4, -0.2) is 41.2 Å². The van der Waals surface area contributed by atoms with Gasteiger partial charge in [-0.05, 0) is 59.0 Å². The zero-order chi connectivity index (χ0) is 31.5. The zero-order valence-electron chi connectivity index (χ0n) is 24.2. The van der Waals surface area contributed by atoms with Gasteiger partial charge in [0, 0.05) is 12.1 Å². The number of halogens is 2. The summed E-state index contributed by atoms with van der Waals surface area (Å²) in [6, 6.07) is 29.1. The largest absolute Gasteiger partial charge is 0.462 e. The Kier molecular flexibility index (Phi) is 7.06. The van der Waals surface area contributed by atoms with Crippen molar-refractivity contribution in [2.45, 2.75) is 29.1 Å². The van der Waals surface area contributed by atoms with Crippen LogP contribution >= 0.6 is 23.2 Å². The van der Waals surface area contributed by atoms with Gasteiger partial charge >= 0.3 is 5.97 Å². The number of hydrogen-bond acceptors (Lipinski definition) is 5. The molecule has 226 valence electrons. The van der Waals surface area contributed by atoms with Crippen LogP contribution in [0.15, 0.2) is 103 Å². The highest BCUT2D eigenvalue weighted by Crippen LogP contribution is 2.69. The molecular weight excluding hydrogens is 611 g/mol. The fourth-order valence-electron chi connectivity index (χ4n) is 7.26. The molecule has 1 saturated heterocycles. The second kappa shape index (κ2) is 10.9. The maximum absolute atomic E-state index is 14.6. The maximum Gasteiger partial charge on any atom is 0.338 e. The molecule has 1 heterocycles. The molecular formula is C36H28Cl2N2O5. The Morgan fingerprint density at radius 3 is 1.69 bits per heavy atom. The smallest absolute Gasteiger partial charge is 0.338 e. The maximum atomic E-state index is 14.6. The van der Waals surface area contributed by atoms with Crippen LogP contribution in [0.2, 0.25) is 0 Å². The van der Waals surface area contributed by atoms with E-state index in [1.165, 1.54) is 0 Å². The van der Waals surface area contributed by atoms with Gasteiger partial charge in [-0.1, -0.05) is 78.9 Å². The minimum Gasteiger partial charge on any atom is -0.462 e. The van der Waals surface area contributed by atoms with E-state index in [-0.39, 0.29) is 13.0 Å². The van der Waals surface area contributed by atoms with E-state index in [1.807, 2.05) is 78.9 Å². The monoisotopic (exact) mass is 638 g/mol. The number of alkyl halides is 2. The molecule has 0 spiro atoms. The molecule has 9 heteroatoms. The lowest BCUT2D eigenvalue weighted by Crippen LogP contribution is -2.57. The van der Waals surface area contributed by atoms with Gasteiger partial charge < -0.3 is 10.1 Å². The number of ether oxygens (including phenoxy) is 1. The minimum atomic E-state index is -1.35. The number of carbonyl (C=O) groups excluding carboxylic acids is 4. The van der Waals surface area contributed by atoms with Crippen LogP contribution in [0.3, 0.4) is 0 Å². The Morgan fingerprint density at radius 1 is 0.756 bits per heavy atom. The van der Waals surface area contributed by atoms with Crippen molar-refractivity contribution in [1.82, 2.24) is 4.90 Å². The fraction of sp³-hybridized carbons (Fsp3) is 0.222. The summed E-state index contributed by atoms with van der Waals surface area (Å²) in [7, 11) is 0. The molecule has 0 radical (unpaired) electrons. The molecule has 1 N–H and O–H groups in total. The quantitative estimate of drug-likeness (QED) is 0.152. The second-order valence-electron chi connectivity index (χ2n) is 11.5. The normalized spacial score (nSPS) is 24.8. The molecule has 45 heavy (non-hydrogen) atoms. The molecule has 3 atom stereocenters. The third-order valence-electron chi connectivity index (χ3n) is 9.17.